The summed E-state index contributed by atoms with van der Waals surface area (Å²) in [7, 11) is 0. The Morgan fingerprint density at radius 2 is 1.59 bits per heavy atom. The van der Waals surface area contributed by atoms with E-state index in [1.165, 1.54) is 0 Å². The van der Waals surface area contributed by atoms with Crippen molar-refractivity contribution in [2.45, 2.75) is 0 Å². The molecule has 8 heteroatoms. The van der Waals surface area contributed by atoms with Crippen LogP contribution >= 0.6 is 0 Å². The quantitative estimate of drug-likeness (QED) is 0.231. The van der Waals surface area contributed by atoms with Crippen molar-refractivity contribution >= 4 is 33.2 Å². The minimum atomic E-state index is 0.790. The maximum Gasteiger partial charge on any atom is 0.116 e. The Morgan fingerprint density at radius 3 is 2.46 bits per heavy atom. The predicted molar refractivity (Wildman–Crippen MR) is 155 cm³/mol. The van der Waals surface area contributed by atoms with Gasteiger partial charge in [-0.3, -0.25) is 25.0 Å². The lowest BCUT2D eigenvalue weighted by atomic mass is 10.1. The zero-order valence-electron chi connectivity index (χ0n) is 20.8. The topological polar surface area (TPSA) is 108 Å². The number of fused-ring (bicyclic) bond motifs is 2. The van der Waals surface area contributed by atoms with Crippen LogP contribution < -0.4 is 5.32 Å². The van der Waals surface area contributed by atoms with Crippen LogP contribution in [-0.2, 0) is 0 Å². The molecule has 0 spiro atoms. The molecule has 6 heterocycles. The monoisotopic (exact) mass is 506 g/mol. The number of aromatic amines is 2. The first-order valence-corrected chi connectivity index (χ1v) is 12.4. The average molecular weight is 507 g/mol. The lowest BCUT2D eigenvalue weighted by Crippen LogP contribution is -1.98. The maximum absolute atomic E-state index is 4.67. The standard InChI is InChI=1S/C31H22N8/c1-19(20-7-3-2-4-8-20)36-22-13-21(16-32-17-22)27-14-24-29(18-35-27)38-39-31(24)28-15-23-25(37-28)10-12-34-30(23)26-9-5-6-11-33-26/h2-18,36-37H,1H2,(H,38,39). The van der Waals surface area contributed by atoms with Crippen molar-refractivity contribution in [1.29, 1.82) is 0 Å². The predicted octanol–water partition coefficient (Wildman–Crippen LogP) is 6.71. The van der Waals surface area contributed by atoms with E-state index in [4.69, 9.17) is 0 Å². The van der Waals surface area contributed by atoms with E-state index in [0.717, 1.165) is 72.8 Å². The Bertz CT molecular complexity index is 1960. The van der Waals surface area contributed by atoms with Gasteiger partial charge in [0.2, 0.25) is 0 Å². The number of H-pyrrole nitrogens is 2. The Morgan fingerprint density at radius 1 is 0.718 bits per heavy atom. The van der Waals surface area contributed by atoms with E-state index in [-0.39, 0.29) is 0 Å². The van der Waals surface area contributed by atoms with Gasteiger partial charge in [-0.1, -0.05) is 43.0 Å². The maximum atomic E-state index is 4.67. The first-order valence-electron chi connectivity index (χ1n) is 12.4. The molecular formula is C31H22N8. The summed E-state index contributed by atoms with van der Waals surface area (Å²) in [6, 6.07) is 23.9. The minimum Gasteiger partial charge on any atom is -0.354 e. The van der Waals surface area contributed by atoms with Crippen LogP contribution in [0.25, 0.3) is 61.5 Å². The number of benzene rings is 1. The fourth-order valence-electron chi connectivity index (χ4n) is 4.70. The van der Waals surface area contributed by atoms with Gasteiger partial charge in [-0.15, -0.1) is 0 Å². The average Bonchev–Trinajstić information content (AvgIpc) is 3.62. The van der Waals surface area contributed by atoms with Crippen molar-refractivity contribution in [1.82, 2.24) is 35.1 Å². The number of hydrogen-bond donors (Lipinski definition) is 3. The number of anilines is 1. The van der Waals surface area contributed by atoms with E-state index >= 15 is 0 Å². The molecule has 39 heavy (non-hydrogen) atoms. The second-order valence-corrected chi connectivity index (χ2v) is 9.14. The van der Waals surface area contributed by atoms with Gasteiger partial charge in [-0.25, -0.2) is 0 Å². The van der Waals surface area contributed by atoms with Gasteiger partial charge >= 0.3 is 0 Å². The number of nitrogens with zero attached hydrogens (tertiary/aromatic N) is 5. The van der Waals surface area contributed by atoms with Gasteiger partial charge in [0.15, 0.2) is 0 Å². The van der Waals surface area contributed by atoms with E-state index in [2.05, 4.69) is 53.1 Å². The molecule has 7 rings (SSSR count). The molecule has 0 amide bonds. The first-order chi connectivity index (χ1) is 19.2. The molecule has 6 aromatic heterocycles. The molecule has 0 aliphatic heterocycles. The summed E-state index contributed by atoms with van der Waals surface area (Å²) in [5.74, 6) is 0. The highest BCUT2D eigenvalue weighted by molar-refractivity contribution is 6.00. The van der Waals surface area contributed by atoms with Crippen molar-refractivity contribution < 1.29 is 0 Å². The van der Waals surface area contributed by atoms with Crippen LogP contribution in [0.4, 0.5) is 5.69 Å². The van der Waals surface area contributed by atoms with Crippen molar-refractivity contribution in [2.75, 3.05) is 5.32 Å². The van der Waals surface area contributed by atoms with Gasteiger partial charge in [0.25, 0.3) is 0 Å². The minimum absolute atomic E-state index is 0.790. The molecule has 1 aromatic carbocycles. The smallest absolute Gasteiger partial charge is 0.116 e. The number of nitrogens with one attached hydrogen (secondary N) is 3. The Hall–Kier alpha value is -5.63. The van der Waals surface area contributed by atoms with Crippen LogP contribution in [0.3, 0.4) is 0 Å². The van der Waals surface area contributed by atoms with Gasteiger partial charge in [0.1, 0.15) is 5.69 Å². The normalized spacial score (nSPS) is 11.2. The van der Waals surface area contributed by atoms with Crippen LogP contribution in [0.1, 0.15) is 5.56 Å². The van der Waals surface area contributed by atoms with Gasteiger partial charge in [-0.05, 0) is 42.0 Å². The van der Waals surface area contributed by atoms with E-state index in [1.54, 1.807) is 31.0 Å². The number of rotatable bonds is 6. The SMILES string of the molecule is C=C(Nc1cncc(-c2cc3c(-c4cc5c(-c6ccccn6)nccc5[nH]4)n[nH]c3cn2)c1)c1ccccc1. The second-order valence-electron chi connectivity index (χ2n) is 9.14. The summed E-state index contributed by atoms with van der Waals surface area (Å²) < 4.78 is 0. The fraction of sp³-hybridized carbons (Fsp3) is 0. The lowest BCUT2D eigenvalue weighted by Gasteiger charge is -2.10. The zero-order chi connectivity index (χ0) is 26.2. The molecule has 0 bridgehead atoms. The molecule has 0 aliphatic rings. The first kappa shape index (κ1) is 22.6. The van der Waals surface area contributed by atoms with Crippen LogP contribution in [0.15, 0.2) is 110 Å². The third kappa shape index (κ3) is 4.19. The summed E-state index contributed by atoms with van der Waals surface area (Å²) in [4.78, 5) is 21.7. The molecule has 7 aromatic rings. The Labute approximate surface area is 223 Å². The zero-order valence-corrected chi connectivity index (χ0v) is 20.8. The van der Waals surface area contributed by atoms with Crippen molar-refractivity contribution in [3.63, 3.8) is 0 Å². The van der Waals surface area contributed by atoms with E-state index in [1.807, 2.05) is 66.7 Å². The van der Waals surface area contributed by atoms with Gasteiger partial charge < -0.3 is 10.3 Å². The second kappa shape index (κ2) is 9.35. The molecular weight excluding hydrogens is 484 g/mol. The highest BCUT2D eigenvalue weighted by atomic mass is 15.1. The van der Waals surface area contributed by atoms with Crippen LogP contribution in [0, 0.1) is 0 Å². The van der Waals surface area contributed by atoms with Gasteiger partial charge in [0, 0.05) is 46.1 Å². The molecule has 0 atom stereocenters. The summed E-state index contributed by atoms with van der Waals surface area (Å²) in [6.45, 7) is 4.17. The van der Waals surface area contributed by atoms with Crippen molar-refractivity contribution in [2.24, 2.45) is 0 Å². The molecule has 0 aliphatic carbocycles. The van der Waals surface area contributed by atoms with Gasteiger partial charge in [0.05, 0.1) is 46.4 Å². The summed E-state index contributed by atoms with van der Waals surface area (Å²) in [5, 5.41) is 13.0. The Kier molecular flexibility index (Phi) is 5.41. The highest BCUT2D eigenvalue weighted by Gasteiger charge is 2.16. The summed E-state index contributed by atoms with van der Waals surface area (Å²) in [6.07, 6.45) is 8.94. The van der Waals surface area contributed by atoms with Crippen LogP contribution in [0.2, 0.25) is 0 Å². The third-order valence-corrected chi connectivity index (χ3v) is 6.61. The third-order valence-electron chi connectivity index (χ3n) is 6.61. The number of aromatic nitrogens is 7. The molecule has 186 valence electrons. The Balaban J connectivity index is 1.25. The molecule has 0 unspecified atom stereocenters. The lowest BCUT2D eigenvalue weighted by molar-refractivity contribution is 1.11. The van der Waals surface area contributed by atoms with Crippen LogP contribution in [0.5, 0.6) is 0 Å². The number of pyridine rings is 4. The van der Waals surface area contributed by atoms with Crippen molar-refractivity contribution in [3.8, 4) is 34.0 Å². The number of hydrogen-bond acceptors (Lipinski definition) is 6. The highest BCUT2D eigenvalue weighted by Crippen LogP contribution is 2.33. The van der Waals surface area contributed by atoms with E-state index < -0.39 is 0 Å². The largest absolute Gasteiger partial charge is 0.354 e. The summed E-state index contributed by atoms with van der Waals surface area (Å²) >= 11 is 0. The molecule has 0 saturated carbocycles. The fourth-order valence-corrected chi connectivity index (χ4v) is 4.70. The molecule has 0 fully saturated rings. The molecule has 3 N–H and O–H groups in total. The molecule has 0 saturated heterocycles. The molecule has 0 radical (unpaired) electrons. The summed E-state index contributed by atoms with van der Waals surface area (Å²) in [5.41, 5.74) is 9.46. The van der Waals surface area contributed by atoms with Crippen LogP contribution in [-0.4, -0.2) is 35.1 Å². The van der Waals surface area contributed by atoms with Gasteiger partial charge in [-0.2, -0.15) is 5.10 Å². The van der Waals surface area contributed by atoms with E-state index in [9.17, 15) is 0 Å². The molecule has 8 nitrogen and oxygen atoms in total. The van der Waals surface area contributed by atoms with E-state index in [0.29, 0.717) is 0 Å². The van der Waals surface area contributed by atoms with Crippen molar-refractivity contribution in [3.05, 3.63) is 116 Å².